The first-order valence-electron chi connectivity index (χ1n) is 7.98. The first-order chi connectivity index (χ1) is 11.1. The molecule has 0 saturated carbocycles. The molecule has 1 amide bonds. The Morgan fingerprint density at radius 3 is 2.91 bits per heavy atom. The minimum Gasteiger partial charge on any atom is -0.347 e. The van der Waals surface area contributed by atoms with Crippen LogP contribution in [-0.4, -0.2) is 38.9 Å². The van der Waals surface area contributed by atoms with Gasteiger partial charge in [0.15, 0.2) is 0 Å². The van der Waals surface area contributed by atoms with E-state index in [1.54, 1.807) is 0 Å². The lowest BCUT2D eigenvalue weighted by molar-refractivity contribution is 0.0942. The minimum absolute atomic E-state index is 0.0798. The molecule has 0 spiro atoms. The van der Waals surface area contributed by atoms with Gasteiger partial charge in [-0.3, -0.25) is 9.69 Å². The Morgan fingerprint density at radius 1 is 1.43 bits per heavy atom. The van der Waals surface area contributed by atoms with Crippen molar-refractivity contribution in [2.24, 2.45) is 7.05 Å². The van der Waals surface area contributed by atoms with Gasteiger partial charge in [-0.05, 0) is 45.5 Å². The van der Waals surface area contributed by atoms with Crippen molar-refractivity contribution < 1.29 is 4.79 Å². The maximum Gasteiger partial charge on any atom is 0.268 e. The number of rotatable bonds is 4. The largest absolute Gasteiger partial charge is 0.347 e. The number of carbonyl (C=O) groups is 1. The zero-order valence-electron chi connectivity index (χ0n) is 13.9. The molecule has 122 valence electrons. The van der Waals surface area contributed by atoms with Gasteiger partial charge in [0, 0.05) is 31.5 Å². The van der Waals surface area contributed by atoms with Crippen LogP contribution in [0.4, 0.5) is 0 Å². The molecule has 1 aliphatic heterocycles. The van der Waals surface area contributed by atoms with Crippen LogP contribution in [-0.2, 0) is 13.6 Å². The quantitative estimate of drug-likeness (QED) is 0.935. The molecule has 0 aliphatic carbocycles. The summed E-state index contributed by atoms with van der Waals surface area (Å²) in [5, 5.41) is 2.98. The standard InChI is InChI=1S/C17H23N5O/c1-12-18-10-13(16(20-12)14-6-4-8-21(14)2)11-19-17(23)15-7-5-9-22(15)3/h5,7,9-10,14H,4,6,8,11H2,1-3H3,(H,19,23). The molecule has 2 aromatic rings. The number of nitrogens with zero attached hydrogens (tertiary/aromatic N) is 4. The van der Waals surface area contributed by atoms with Crippen LogP contribution < -0.4 is 5.32 Å². The molecule has 1 N–H and O–H groups in total. The zero-order chi connectivity index (χ0) is 16.4. The molecule has 6 nitrogen and oxygen atoms in total. The summed E-state index contributed by atoms with van der Waals surface area (Å²) in [5.74, 6) is 0.696. The Kier molecular flexibility index (Phi) is 4.43. The first kappa shape index (κ1) is 15.7. The van der Waals surface area contributed by atoms with Gasteiger partial charge in [-0.25, -0.2) is 9.97 Å². The molecule has 0 radical (unpaired) electrons. The molecule has 1 saturated heterocycles. The average molecular weight is 313 g/mol. The lowest BCUT2D eigenvalue weighted by Gasteiger charge is -2.21. The van der Waals surface area contributed by atoms with E-state index in [2.05, 4.69) is 27.2 Å². The molecule has 1 aliphatic rings. The topological polar surface area (TPSA) is 63.1 Å². The number of amides is 1. The third kappa shape index (κ3) is 3.27. The summed E-state index contributed by atoms with van der Waals surface area (Å²) in [4.78, 5) is 23.6. The molecule has 1 atom stereocenters. The van der Waals surface area contributed by atoms with Crippen molar-refractivity contribution in [1.82, 2.24) is 24.8 Å². The van der Waals surface area contributed by atoms with Crippen molar-refractivity contribution in [2.45, 2.75) is 32.4 Å². The Labute approximate surface area is 136 Å². The van der Waals surface area contributed by atoms with Crippen LogP contribution in [0.1, 0.15) is 46.5 Å². The monoisotopic (exact) mass is 313 g/mol. The molecule has 3 heterocycles. The van der Waals surface area contributed by atoms with Crippen LogP contribution in [0.2, 0.25) is 0 Å². The molecule has 0 bridgehead atoms. The minimum atomic E-state index is -0.0798. The molecular weight excluding hydrogens is 290 g/mol. The third-order valence-electron chi connectivity index (χ3n) is 4.47. The molecule has 2 aromatic heterocycles. The molecular formula is C17H23N5O. The summed E-state index contributed by atoms with van der Waals surface area (Å²) >= 11 is 0. The Bertz CT molecular complexity index is 709. The van der Waals surface area contributed by atoms with E-state index < -0.39 is 0 Å². The number of aryl methyl sites for hydroxylation is 2. The normalized spacial score (nSPS) is 18.3. The fraction of sp³-hybridized carbons (Fsp3) is 0.471. The SMILES string of the molecule is Cc1ncc(CNC(=O)c2cccn2C)c(C2CCCN2C)n1. The maximum absolute atomic E-state index is 12.3. The second-order valence-corrected chi connectivity index (χ2v) is 6.15. The van der Waals surface area contributed by atoms with Crippen LogP contribution in [0, 0.1) is 6.92 Å². The Morgan fingerprint density at radius 2 is 2.26 bits per heavy atom. The summed E-state index contributed by atoms with van der Waals surface area (Å²) in [6.07, 6.45) is 5.99. The third-order valence-corrected chi connectivity index (χ3v) is 4.47. The Hall–Kier alpha value is -2.21. The molecule has 23 heavy (non-hydrogen) atoms. The summed E-state index contributed by atoms with van der Waals surface area (Å²) in [6, 6.07) is 3.99. The van der Waals surface area contributed by atoms with Crippen molar-refractivity contribution in [1.29, 1.82) is 0 Å². The number of hydrogen-bond acceptors (Lipinski definition) is 4. The van der Waals surface area contributed by atoms with Gasteiger partial charge < -0.3 is 9.88 Å². The van der Waals surface area contributed by atoms with Crippen molar-refractivity contribution in [2.75, 3.05) is 13.6 Å². The fourth-order valence-corrected chi connectivity index (χ4v) is 3.16. The molecule has 1 unspecified atom stereocenters. The second-order valence-electron chi connectivity index (χ2n) is 6.15. The van der Waals surface area contributed by atoms with Crippen LogP contribution in [0.15, 0.2) is 24.5 Å². The van der Waals surface area contributed by atoms with Gasteiger partial charge in [-0.1, -0.05) is 0 Å². The predicted molar refractivity (Wildman–Crippen MR) is 88.0 cm³/mol. The van der Waals surface area contributed by atoms with Gasteiger partial charge in [0.2, 0.25) is 0 Å². The van der Waals surface area contributed by atoms with Gasteiger partial charge in [0.25, 0.3) is 5.91 Å². The van der Waals surface area contributed by atoms with Crippen molar-refractivity contribution in [3.05, 3.63) is 47.3 Å². The van der Waals surface area contributed by atoms with Gasteiger partial charge >= 0.3 is 0 Å². The number of nitrogens with one attached hydrogen (secondary N) is 1. The highest BCUT2D eigenvalue weighted by Gasteiger charge is 2.26. The van der Waals surface area contributed by atoms with Crippen LogP contribution >= 0.6 is 0 Å². The van der Waals surface area contributed by atoms with Crippen molar-refractivity contribution in [3.8, 4) is 0 Å². The molecule has 3 rings (SSSR count). The second kappa shape index (κ2) is 6.50. The van der Waals surface area contributed by atoms with Crippen LogP contribution in [0.25, 0.3) is 0 Å². The van der Waals surface area contributed by atoms with Gasteiger partial charge in [0.05, 0.1) is 11.7 Å². The number of likely N-dealkylation sites (tertiary alicyclic amines) is 1. The van der Waals surface area contributed by atoms with Crippen LogP contribution in [0.5, 0.6) is 0 Å². The molecule has 6 heteroatoms. The first-order valence-corrected chi connectivity index (χ1v) is 7.98. The van der Waals surface area contributed by atoms with E-state index in [0.29, 0.717) is 18.3 Å². The van der Waals surface area contributed by atoms with E-state index in [1.807, 2.05) is 43.1 Å². The maximum atomic E-state index is 12.3. The van der Waals surface area contributed by atoms with Crippen LogP contribution in [0.3, 0.4) is 0 Å². The van der Waals surface area contributed by atoms with Crippen molar-refractivity contribution in [3.63, 3.8) is 0 Å². The van der Waals surface area contributed by atoms with E-state index >= 15 is 0 Å². The predicted octanol–water partition coefficient (Wildman–Crippen LogP) is 1.82. The number of aromatic nitrogens is 3. The fourth-order valence-electron chi connectivity index (χ4n) is 3.16. The summed E-state index contributed by atoms with van der Waals surface area (Å²) in [5.41, 5.74) is 2.69. The summed E-state index contributed by atoms with van der Waals surface area (Å²) in [6.45, 7) is 3.44. The highest BCUT2D eigenvalue weighted by Crippen LogP contribution is 2.31. The lowest BCUT2D eigenvalue weighted by atomic mass is 10.1. The van der Waals surface area contributed by atoms with Crippen molar-refractivity contribution >= 4 is 5.91 Å². The van der Waals surface area contributed by atoms with E-state index in [0.717, 1.165) is 30.0 Å². The summed E-state index contributed by atoms with van der Waals surface area (Å²) in [7, 11) is 3.99. The molecule has 1 fully saturated rings. The highest BCUT2D eigenvalue weighted by atomic mass is 16.1. The van der Waals surface area contributed by atoms with Gasteiger partial charge in [0.1, 0.15) is 11.5 Å². The van der Waals surface area contributed by atoms with E-state index in [4.69, 9.17) is 0 Å². The number of carbonyl (C=O) groups excluding carboxylic acids is 1. The van der Waals surface area contributed by atoms with E-state index in [1.165, 1.54) is 6.42 Å². The number of hydrogen-bond donors (Lipinski definition) is 1. The average Bonchev–Trinajstić information content (AvgIpc) is 3.14. The summed E-state index contributed by atoms with van der Waals surface area (Å²) < 4.78 is 1.81. The van der Waals surface area contributed by atoms with E-state index in [9.17, 15) is 4.79 Å². The smallest absolute Gasteiger partial charge is 0.268 e. The zero-order valence-corrected chi connectivity index (χ0v) is 13.9. The van der Waals surface area contributed by atoms with Gasteiger partial charge in [-0.2, -0.15) is 0 Å². The Balaban J connectivity index is 1.77. The highest BCUT2D eigenvalue weighted by molar-refractivity contribution is 5.92. The van der Waals surface area contributed by atoms with Gasteiger partial charge in [-0.15, -0.1) is 0 Å². The van der Waals surface area contributed by atoms with E-state index in [-0.39, 0.29) is 5.91 Å². The molecule has 0 aromatic carbocycles. The lowest BCUT2D eigenvalue weighted by Crippen LogP contribution is -2.27.